The minimum Gasteiger partial charge on any atom is -0.496 e. The first-order valence-electron chi connectivity index (χ1n) is 11.7. The summed E-state index contributed by atoms with van der Waals surface area (Å²) in [4.78, 5) is 2.25. The van der Waals surface area contributed by atoms with Crippen molar-refractivity contribution in [3.63, 3.8) is 0 Å². The fraction of sp³-hybridized carbons (Fsp3) is 0.444. The molecule has 184 valence electrons. The van der Waals surface area contributed by atoms with Crippen LogP contribution in [-0.4, -0.2) is 61.8 Å². The van der Waals surface area contributed by atoms with E-state index in [9.17, 15) is 0 Å². The van der Waals surface area contributed by atoms with Crippen molar-refractivity contribution in [3.05, 3.63) is 71.0 Å². The molecule has 1 aromatic heterocycles. The van der Waals surface area contributed by atoms with E-state index in [0.717, 1.165) is 47.3 Å². The van der Waals surface area contributed by atoms with Crippen molar-refractivity contribution in [2.45, 2.75) is 40.0 Å². The van der Waals surface area contributed by atoms with Gasteiger partial charge in [-0.2, -0.15) is 5.10 Å². The third-order valence-corrected chi connectivity index (χ3v) is 5.89. The van der Waals surface area contributed by atoms with Crippen LogP contribution in [0.5, 0.6) is 17.2 Å². The van der Waals surface area contributed by atoms with Gasteiger partial charge in [0.2, 0.25) is 0 Å². The maximum atomic E-state index is 5.95. The first-order chi connectivity index (χ1) is 16.4. The van der Waals surface area contributed by atoms with Gasteiger partial charge in [0.25, 0.3) is 0 Å². The third kappa shape index (κ3) is 6.74. The highest BCUT2D eigenvalue weighted by Gasteiger charge is 2.18. The largest absolute Gasteiger partial charge is 0.496 e. The zero-order chi connectivity index (χ0) is 24.5. The maximum absolute atomic E-state index is 5.95. The summed E-state index contributed by atoms with van der Waals surface area (Å²) in [6.07, 6.45) is -0.0548. The second kappa shape index (κ2) is 12.4. The van der Waals surface area contributed by atoms with Crippen LogP contribution < -0.4 is 14.2 Å². The van der Waals surface area contributed by atoms with Crippen molar-refractivity contribution in [2.75, 3.05) is 41.0 Å². The number of hydrogen-bond acceptors (Lipinski definition) is 6. The summed E-state index contributed by atoms with van der Waals surface area (Å²) >= 11 is 0. The van der Waals surface area contributed by atoms with E-state index in [1.165, 1.54) is 5.56 Å². The second-order valence-corrected chi connectivity index (χ2v) is 8.39. The van der Waals surface area contributed by atoms with Gasteiger partial charge < -0.3 is 18.9 Å². The Morgan fingerprint density at radius 2 is 1.65 bits per heavy atom. The Balaban J connectivity index is 1.58. The lowest BCUT2D eigenvalue weighted by Crippen LogP contribution is -2.34. The van der Waals surface area contributed by atoms with Crippen LogP contribution in [0, 0.1) is 13.8 Å². The molecule has 0 saturated carbocycles. The summed E-state index contributed by atoms with van der Waals surface area (Å²) in [5.74, 6) is 2.52. The molecule has 2 aromatic carbocycles. The zero-order valence-electron chi connectivity index (χ0n) is 21.2. The number of ether oxygens (including phenoxy) is 4. The summed E-state index contributed by atoms with van der Waals surface area (Å²) in [7, 11) is 5.52. The molecule has 0 spiro atoms. The number of aryl methyl sites for hydroxylation is 1. The van der Waals surface area contributed by atoms with Gasteiger partial charge in [-0.25, -0.2) is 0 Å². The minimum absolute atomic E-state index is 0.0548. The van der Waals surface area contributed by atoms with Crippen LogP contribution >= 0.6 is 0 Å². The Morgan fingerprint density at radius 1 is 0.971 bits per heavy atom. The van der Waals surface area contributed by atoms with Crippen molar-refractivity contribution in [1.82, 2.24) is 14.7 Å². The fourth-order valence-corrected chi connectivity index (χ4v) is 3.98. The standard InChI is InChI=1S/C27H37N3O4/c1-7-33-23-12-14-24(15-13-23)34-19-25(31-5)17-29(4)18-26-20(2)28-30(21(26)3)16-22-10-8-9-11-27(22)32-6/h8-15,25H,7,16-19H2,1-6H3. The SMILES string of the molecule is CCOc1ccc(OCC(CN(C)Cc2c(C)nn(Cc3ccccc3OC)c2C)OC)cc1. The number of benzene rings is 2. The summed E-state index contributed by atoms with van der Waals surface area (Å²) < 4.78 is 24.7. The molecule has 0 aliphatic carbocycles. The van der Waals surface area contributed by atoms with E-state index in [2.05, 4.69) is 36.5 Å². The van der Waals surface area contributed by atoms with Crippen LogP contribution in [0.25, 0.3) is 0 Å². The Hall–Kier alpha value is -3.03. The van der Waals surface area contributed by atoms with E-state index in [0.29, 0.717) is 19.8 Å². The van der Waals surface area contributed by atoms with E-state index in [1.807, 2.05) is 49.4 Å². The summed E-state index contributed by atoms with van der Waals surface area (Å²) in [5, 5.41) is 4.80. The molecule has 0 bridgehead atoms. The molecule has 0 aliphatic heterocycles. The van der Waals surface area contributed by atoms with Crippen LogP contribution in [0.15, 0.2) is 48.5 Å². The van der Waals surface area contributed by atoms with Crippen LogP contribution in [0.3, 0.4) is 0 Å². The van der Waals surface area contributed by atoms with Crippen molar-refractivity contribution in [3.8, 4) is 17.2 Å². The van der Waals surface area contributed by atoms with Gasteiger partial charge in [0.15, 0.2) is 0 Å². The van der Waals surface area contributed by atoms with Crippen molar-refractivity contribution in [1.29, 1.82) is 0 Å². The van der Waals surface area contributed by atoms with Gasteiger partial charge in [-0.05, 0) is 58.2 Å². The lowest BCUT2D eigenvalue weighted by atomic mass is 10.1. The molecule has 1 atom stereocenters. The van der Waals surface area contributed by atoms with Gasteiger partial charge in [-0.3, -0.25) is 9.58 Å². The maximum Gasteiger partial charge on any atom is 0.123 e. The number of rotatable bonds is 13. The fourth-order valence-electron chi connectivity index (χ4n) is 3.98. The smallest absolute Gasteiger partial charge is 0.123 e. The highest BCUT2D eigenvalue weighted by atomic mass is 16.5. The monoisotopic (exact) mass is 467 g/mol. The Kier molecular flexibility index (Phi) is 9.36. The molecular formula is C27H37N3O4. The summed E-state index contributed by atoms with van der Waals surface area (Å²) in [5.41, 5.74) is 4.55. The Labute approximate surface area is 203 Å². The van der Waals surface area contributed by atoms with E-state index in [-0.39, 0.29) is 6.10 Å². The number of hydrogen-bond donors (Lipinski definition) is 0. The summed E-state index contributed by atoms with van der Waals surface area (Å²) in [6, 6.07) is 15.7. The quantitative estimate of drug-likeness (QED) is 0.369. The second-order valence-electron chi connectivity index (χ2n) is 8.39. The molecule has 0 amide bonds. The average molecular weight is 468 g/mol. The molecule has 3 aromatic rings. The molecule has 1 unspecified atom stereocenters. The van der Waals surface area contributed by atoms with E-state index in [4.69, 9.17) is 24.0 Å². The lowest BCUT2D eigenvalue weighted by Gasteiger charge is -2.23. The van der Waals surface area contributed by atoms with Gasteiger partial charge in [0.05, 0.1) is 26.0 Å². The molecule has 1 heterocycles. The van der Waals surface area contributed by atoms with Crippen molar-refractivity contribution >= 4 is 0 Å². The number of para-hydroxylation sites is 1. The van der Waals surface area contributed by atoms with Crippen molar-refractivity contribution in [2.24, 2.45) is 0 Å². The highest BCUT2D eigenvalue weighted by molar-refractivity contribution is 5.34. The van der Waals surface area contributed by atoms with E-state index >= 15 is 0 Å². The zero-order valence-corrected chi connectivity index (χ0v) is 21.2. The van der Waals surface area contributed by atoms with E-state index < -0.39 is 0 Å². The Bertz CT molecular complexity index is 1030. The third-order valence-electron chi connectivity index (χ3n) is 5.89. The van der Waals surface area contributed by atoms with Gasteiger partial charge in [0.1, 0.15) is 30.0 Å². The number of aromatic nitrogens is 2. The van der Waals surface area contributed by atoms with Crippen LogP contribution in [0.1, 0.15) is 29.4 Å². The first kappa shape index (κ1) is 25.6. The summed E-state index contributed by atoms with van der Waals surface area (Å²) in [6.45, 7) is 9.49. The molecule has 34 heavy (non-hydrogen) atoms. The number of methoxy groups -OCH3 is 2. The molecule has 0 aliphatic rings. The van der Waals surface area contributed by atoms with Gasteiger partial charge in [0, 0.05) is 37.0 Å². The van der Waals surface area contributed by atoms with Crippen LogP contribution in [-0.2, 0) is 17.8 Å². The van der Waals surface area contributed by atoms with Crippen molar-refractivity contribution < 1.29 is 18.9 Å². The molecule has 7 nitrogen and oxygen atoms in total. The topological polar surface area (TPSA) is 58.0 Å². The van der Waals surface area contributed by atoms with E-state index in [1.54, 1.807) is 14.2 Å². The molecular weight excluding hydrogens is 430 g/mol. The first-order valence-corrected chi connectivity index (χ1v) is 11.7. The molecule has 0 N–H and O–H groups in total. The molecule has 3 rings (SSSR count). The predicted octanol–water partition coefficient (Wildman–Crippen LogP) is 4.48. The molecule has 7 heteroatoms. The van der Waals surface area contributed by atoms with Crippen LogP contribution in [0.4, 0.5) is 0 Å². The highest BCUT2D eigenvalue weighted by Crippen LogP contribution is 2.22. The lowest BCUT2D eigenvalue weighted by molar-refractivity contribution is 0.0335. The predicted molar refractivity (Wildman–Crippen MR) is 134 cm³/mol. The molecule has 0 fully saturated rings. The normalized spacial score (nSPS) is 12.1. The van der Waals surface area contributed by atoms with Crippen LogP contribution in [0.2, 0.25) is 0 Å². The molecule has 0 saturated heterocycles. The molecule has 0 radical (unpaired) electrons. The van der Waals surface area contributed by atoms with Gasteiger partial charge in [-0.15, -0.1) is 0 Å². The average Bonchev–Trinajstić information content (AvgIpc) is 3.10. The van der Waals surface area contributed by atoms with Gasteiger partial charge in [-0.1, -0.05) is 18.2 Å². The number of nitrogens with zero attached hydrogens (tertiary/aromatic N) is 3. The number of likely N-dealkylation sites (N-methyl/N-ethyl adjacent to an activating group) is 1. The Morgan fingerprint density at radius 3 is 2.29 bits per heavy atom. The van der Waals surface area contributed by atoms with Gasteiger partial charge >= 0.3 is 0 Å². The minimum atomic E-state index is -0.0548.